The molecule has 0 atom stereocenters. The van der Waals surface area contributed by atoms with E-state index in [1.165, 1.54) is 0 Å². The van der Waals surface area contributed by atoms with Crippen LogP contribution in [-0.2, 0) is 6.54 Å². The zero-order valence-corrected chi connectivity index (χ0v) is 18.2. The first-order valence-corrected chi connectivity index (χ1v) is 9.91. The summed E-state index contributed by atoms with van der Waals surface area (Å²) in [4.78, 5) is 4.03. The lowest BCUT2D eigenvalue weighted by atomic mass is 10.2. The van der Waals surface area contributed by atoms with Gasteiger partial charge < -0.3 is 10.2 Å². The number of nitrogens with one attached hydrogen (secondary N) is 2. The van der Waals surface area contributed by atoms with E-state index in [0.717, 1.165) is 25.8 Å². The molecule has 0 bridgehead atoms. The molecule has 0 unspecified atom stereocenters. The lowest BCUT2D eigenvalue weighted by molar-refractivity contribution is 0.239. The van der Waals surface area contributed by atoms with E-state index in [2.05, 4.69) is 52.5 Å². The van der Waals surface area contributed by atoms with Crippen LogP contribution in [0.2, 0.25) is 0 Å². The molecule has 0 radical (unpaired) electrons. The third-order valence-electron chi connectivity index (χ3n) is 3.46. The van der Waals surface area contributed by atoms with Gasteiger partial charge in [-0.2, -0.15) is 5.10 Å². The Bertz CT molecular complexity index is 932. The summed E-state index contributed by atoms with van der Waals surface area (Å²) in [6.45, 7) is 4.55. The highest BCUT2D eigenvalue weighted by molar-refractivity contribution is 9.11. The molecule has 0 amide bonds. The van der Waals surface area contributed by atoms with Crippen molar-refractivity contribution in [3.8, 4) is 17.1 Å². The largest absolute Gasteiger partial charge is 0.489 e. The van der Waals surface area contributed by atoms with Crippen molar-refractivity contribution in [2.45, 2.75) is 26.5 Å². The Balaban J connectivity index is 1.82. The average molecular weight is 499 g/mol. The molecule has 2 heterocycles. The van der Waals surface area contributed by atoms with Crippen LogP contribution in [0.25, 0.3) is 11.4 Å². The van der Waals surface area contributed by atoms with Gasteiger partial charge in [-0.3, -0.25) is 4.98 Å². The first kappa shape index (κ1) is 19.1. The molecule has 26 heavy (non-hydrogen) atoms. The van der Waals surface area contributed by atoms with Gasteiger partial charge in [0.15, 0.2) is 5.82 Å². The summed E-state index contributed by atoms with van der Waals surface area (Å²) in [6.07, 6.45) is 3.54. The van der Waals surface area contributed by atoms with Gasteiger partial charge in [0.05, 0.1) is 21.6 Å². The highest BCUT2D eigenvalue weighted by Crippen LogP contribution is 2.35. The fraction of sp³-hybridized carbons (Fsp3) is 0.235. The van der Waals surface area contributed by atoms with Gasteiger partial charge >= 0.3 is 0 Å². The van der Waals surface area contributed by atoms with Crippen molar-refractivity contribution in [3.63, 3.8) is 0 Å². The van der Waals surface area contributed by atoms with Crippen molar-refractivity contribution in [1.29, 1.82) is 0 Å². The minimum Gasteiger partial charge on any atom is -0.489 e. The Labute approximate surface area is 173 Å². The summed E-state index contributed by atoms with van der Waals surface area (Å²) in [5.74, 6) is 1.50. The molecule has 0 saturated heterocycles. The highest BCUT2D eigenvalue weighted by atomic mass is 79.9. The summed E-state index contributed by atoms with van der Waals surface area (Å²) >= 11 is 12.5. The Kier molecular flexibility index (Phi) is 6.10. The van der Waals surface area contributed by atoms with Crippen LogP contribution in [0.3, 0.4) is 0 Å². The van der Waals surface area contributed by atoms with E-state index < -0.39 is 0 Å². The number of hydrogen-bond acceptors (Lipinski definition) is 5. The van der Waals surface area contributed by atoms with Crippen LogP contribution in [0.5, 0.6) is 5.75 Å². The summed E-state index contributed by atoms with van der Waals surface area (Å²) in [5, 5.41) is 7.12. The number of hydrogen-bond donors (Lipinski definition) is 2. The number of halogens is 2. The number of aromatic amines is 1. The lowest BCUT2D eigenvalue weighted by Crippen LogP contribution is -2.16. The van der Waals surface area contributed by atoms with E-state index in [-0.39, 0.29) is 6.10 Å². The van der Waals surface area contributed by atoms with Crippen molar-refractivity contribution < 1.29 is 4.74 Å². The SMILES string of the molecule is CC(C)Oc1c(Br)cc(CNn2c(-c3ccncc3)n[nH]c2=S)cc1Br. The Hall–Kier alpha value is -1.71. The normalized spacial score (nSPS) is 11.0. The van der Waals surface area contributed by atoms with E-state index in [4.69, 9.17) is 17.0 Å². The summed E-state index contributed by atoms with van der Waals surface area (Å²) in [7, 11) is 0. The first-order valence-electron chi connectivity index (χ1n) is 7.92. The van der Waals surface area contributed by atoms with E-state index in [9.17, 15) is 0 Å². The summed E-state index contributed by atoms with van der Waals surface area (Å²) < 4.78 is 9.85. The third-order valence-corrected chi connectivity index (χ3v) is 4.92. The standard InChI is InChI=1S/C17H17Br2N5OS/c1-10(2)25-15-13(18)7-11(8-14(15)19)9-21-24-16(22-23-17(24)26)12-3-5-20-6-4-12/h3-8,10,21H,9H2,1-2H3,(H,23,26). The van der Waals surface area contributed by atoms with Crippen LogP contribution in [0, 0.1) is 4.77 Å². The molecule has 0 spiro atoms. The van der Waals surface area contributed by atoms with Crippen LogP contribution < -0.4 is 10.2 Å². The van der Waals surface area contributed by atoms with Gasteiger partial charge in [-0.1, -0.05) is 0 Å². The maximum Gasteiger partial charge on any atom is 0.214 e. The maximum atomic E-state index is 5.82. The quantitative estimate of drug-likeness (QED) is 0.465. The molecule has 9 heteroatoms. The lowest BCUT2D eigenvalue weighted by Gasteiger charge is -2.16. The average Bonchev–Trinajstić information content (AvgIpc) is 2.97. The van der Waals surface area contributed by atoms with Crippen LogP contribution in [0.4, 0.5) is 0 Å². The number of rotatable bonds is 6. The number of nitrogens with zero attached hydrogens (tertiary/aromatic N) is 3. The van der Waals surface area contributed by atoms with Crippen LogP contribution in [-0.4, -0.2) is 26.0 Å². The Morgan fingerprint density at radius 1 is 1.23 bits per heavy atom. The highest BCUT2D eigenvalue weighted by Gasteiger charge is 2.12. The van der Waals surface area contributed by atoms with Crippen LogP contribution in [0.15, 0.2) is 45.6 Å². The molecule has 2 N–H and O–H groups in total. The topological polar surface area (TPSA) is 67.8 Å². The molecule has 0 aliphatic heterocycles. The molecule has 1 aromatic carbocycles. The number of pyridine rings is 1. The predicted molar refractivity (Wildman–Crippen MR) is 111 cm³/mol. The molecule has 0 aliphatic rings. The van der Waals surface area contributed by atoms with E-state index >= 15 is 0 Å². The predicted octanol–water partition coefficient (Wildman–Crippen LogP) is 5.06. The smallest absolute Gasteiger partial charge is 0.214 e. The van der Waals surface area contributed by atoms with Crippen molar-refractivity contribution in [3.05, 3.63) is 55.9 Å². The number of ether oxygens (including phenoxy) is 1. The molecule has 3 aromatic rings. The number of benzene rings is 1. The first-order chi connectivity index (χ1) is 12.5. The van der Waals surface area contributed by atoms with Gasteiger partial charge in [0, 0.05) is 18.0 Å². The Morgan fingerprint density at radius 2 is 1.88 bits per heavy atom. The van der Waals surface area contributed by atoms with Gasteiger partial charge in [-0.25, -0.2) is 9.77 Å². The molecule has 2 aromatic heterocycles. The van der Waals surface area contributed by atoms with Crippen molar-refractivity contribution >= 4 is 44.1 Å². The second kappa shape index (κ2) is 8.32. The summed E-state index contributed by atoms with van der Waals surface area (Å²) in [5.41, 5.74) is 5.29. The zero-order chi connectivity index (χ0) is 18.7. The second-order valence-electron chi connectivity index (χ2n) is 5.81. The van der Waals surface area contributed by atoms with Gasteiger partial charge in [0.2, 0.25) is 4.77 Å². The van der Waals surface area contributed by atoms with Crippen LogP contribution in [0.1, 0.15) is 19.4 Å². The van der Waals surface area contributed by atoms with Crippen molar-refractivity contribution in [2.75, 3.05) is 5.43 Å². The monoisotopic (exact) mass is 497 g/mol. The minimum atomic E-state index is 0.0961. The van der Waals surface area contributed by atoms with Gasteiger partial charge in [-0.05, 0) is 87.8 Å². The fourth-order valence-electron chi connectivity index (χ4n) is 2.37. The maximum absolute atomic E-state index is 5.82. The van der Waals surface area contributed by atoms with Gasteiger partial charge in [-0.15, -0.1) is 0 Å². The van der Waals surface area contributed by atoms with Crippen molar-refractivity contribution in [1.82, 2.24) is 19.9 Å². The second-order valence-corrected chi connectivity index (χ2v) is 7.91. The van der Waals surface area contributed by atoms with Crippen molar-refractivity contribution in [2.24, 2.45) is 0 Å². The molecule has 0 fully saturated rings. The number of H-pyrrole nitrogens is 1. The van der Waals surface area contributed by atoms with Crippen LogP contribution >= 0.6 is 44.1 Å². The molecular weight excluding hydrogens is 482 g/mol. The van der Waals surface area contributed by atoms with E-state index in [1.807, 2.05) is 38.1 Å². The fourth-order valence-corrected chi connectivity index (χ4v) is 4.04. The molecular formula is C17H17Br2N5OS. The molecule has 0 aliphatic carbocycles. The number of aromatic nitrogens is 4. The third kappa shape index (κ3) is 4.33. The molecule has 0 saturated carbocycles. The molecule has 6 nitrogen and oxygen atoms in total. The van der Waals surface area contributed by atoms with E-state index in [0.29, 0.717) is 17.1 Å². The zero-order valence-electron chi connectivity index (χ0n) is 14.2. The Morgan fingerprint density at radius 3 is 2.50 bits per heavy atom. The molecule has 136 valence electrons. The van der Waals surface area contributed by atoms with Gasteiger partial charge in [0.1, 0.15) is 5.75 Å². The molecule has 3 rings (SSSR count). The van der Waals surface area contributed by atoms with Gasteiger partial charge in [0.25, 0.3) is 0 Å². The summed E-state index contributed by atoms with van der Waals surface area (Å²) in [6, 6.07) is 7.80. The van der Waals surface area contributed by atoms with E-state index in [1.54, 1.807) is 17.1 Å². The minimum absolute atomic E-state index is 0.0961.